The van der Waals surface area contributed by atoms with Crippen LogP contribution in [0.1, 0.15) is 29.4 Å². The number of para-hydroxylation sites is 1. The molecule has 0 saturated heterocycles. The van der Waals surface area contributed by atoms with Crippen LogP contribution in [0.4, 0.5) is 11.5 Å². The second-order valence-electron chi connectivity index (χ2n) is 4.67. The minimum absolute atomic E-state index is 0.115. The molecule has 0 aliphatic heterocycles. The third kappa shape index (κ3) is 4.17. The van der Waals surface area contributed by atoms with E-state index in [2.05, 4.69) is 45.1 Å². The Morgan fingerprint density at radius 3 is 2.71 bits per heavy atom. The molecule has 21 heavy (non-hydrogen) atoms. The lowest BCUT2D eigenvalue weighted by Gasteiger charge is -2.10. The molecule has 0 aliphatic rings. The molecule has 0 fully saturated rings. The summed E-state index contributed by atoms with van der Waals surface area (Å²) < 4.78 is 1.01. The highest BCUT2D eigenvalue weighted by Crippen LogP contribution is 2.19. The van der Waals surface area contributed by atoms with Gasteiger partial charge in [-0.2, -0.15) is 0 Å². The summed E-state index contributed by atoms with van der Waals surface area (Å²) in [4.78, 5) is 16.9. The van der Waals surface area contributed by atoms with Crippen LogP contribution in [0, 0.1) is 3.57 Å². The Bertz CT molecular complexity index is 643. The van der Waals surface area contributed by atoms with Gasteiger partial charge in [0, 0.05) is 21.9 Å². The van der Waals surface area contributed by atoms with Gasteiger partial charge in [-0.05, 0) is 53.3 Å². The van der Waals surface area contributed by atoms with Crippen molar-refractivity contribution in [3.05, 3.63) is 51.2 Å². The van der Waals surface area contributed by atoms with Gasteiger partial charge in [-0.1, -0.05) is 25.5 Å². The van der Waals surface area contributed by atoms with E-state index in [1.54, 1.807) is 13.1 Å². The van der Waals surface area contributed by atoms with Crippen LogP contribution in [0.5, 0.6) is 0 Å². The lowest BCUT2D eigenvalue weighted by Crippen LogP contribution is -2.14. The van der Waals surface area contributed by atoms with Crippen LogP contribution in [0.15, 0.2) is 36.4 Å². The number of benzene rings is 1. The van der Waals surface area contributed by atoms with Gasteiger partial charge in [0.1, 0.15) is 5.82 Å². The minimum atomic E-state index is -0.115. The number of pyridine rings is 1. The predicted molar refractivity (Wildman–Crippen MR) is 94.9 cm³/mol. The summed E-state index contributed by atoms with van der Waals surface area (Å²) in [5.41, 5.74) is 2.37. The van der Waals surface area contributed by atoms with Crippen molar-refractivity contribution >= 4 is 40.0 Å². The van der Waals surface area contributed by atoms with Crippen molar-refractivity contribution in [2.45, 2.75) is 19.8 Å². The maximum absolute atomic E-state index is 12.4. The summed E-state index contributed by atoms with van der Waals surface area (Å²) in [5.74, 6) is 0.601. The fraction of sp³-hybridized carbons (Fsp3) is 0.250. The average molecular weight is 395 g/mol. The second kappa shape index (κ2) is 7.40. The molecule has 0 bridgehead atoms. The van der Waals surface area contributed by atoms with Crippen molar-refractivity contribution in [1.82, 2.24) is 4.98 Å². The summed E-state index contributed by atoms with van der Waals surface area (Å²) in [6, 6.07) is 11.3. The summed E-state index contributed by atoms with van der Waals surface area (Å²) in [6.45, 7) is 2.10. The lowest BCUT2D eigenvalue weighted by atomic mass is 10.1. The molecule has 0 unspecified atom stereocenters. The van der Waals surface area contributed by atoms with Gasteiger partial charge in [0.15, 0.2) is 0 Å². The number of carbonyl (C=O) groups is 1. The number of halogens is 1. The van der Waals surface area contributed by atoms with Gasteiger partial charge in [-0.15, -0.1) is 0 Å². The molecular formula is C16H18IN3O. The molecule has 2 aromatic rings. The van der Waals surface area contributed by atoms with E-state index in [1.165, 1.54) is 0 Å². The zero-order valence-electron chi connectivity index (χ0n) is 12.1. The fourth-order valence-electron chi connectivity index (χ4n) is 1.99. The van der Waals surface area contributed by atoms with E-state index < -0.39 is 0 Å². The Morgan fingerprint density at radius 2 is 2.05 bits per heavy atom. The zero-order chi connectivity index (χ0) is 15.2. The number of rotatable bonds is 5. The van der Waals surface area contributed by atoms with Crippen molar-refractivity contribution in [1.29, 1.82) is 0 Å². The second-order valence-corrected chi connectivity index (χ2v) is 5.83. The van der Waals surface area contributed by atoms with Crippen LogP contribution in [-0.2, 0) is 6.42 Å². The first kappa shape index (κ1) is 15.8. The highest BCUT2D eigenvalue weighted by atomic mass is 127. The van der Waals surface area contributed by atoms with Crippen molar-refractivity contribution < 1.29 is 4.79 Å². The SMILES string of the molecule is CCCc1cc(C(=O)Nc2ccccc2I)cc(NC)n1. The van der Waals surface area contributed by atoms with Gasteiger partial charge in [0.25, 0.3) is 5.91 Å². The molecule has 1 aromatic carbocycles. The Balaban J connectivity index is 2.26. The van der Waals surface area contributed by atoms with Gasteiger partial charge in [0.2, 0.25) is 0 Å². The third-order valence-corrected chi connectivity index (χ3v) is 3.97. The van der Waals surface area contributed by atoms with Crippen molar-refractivity contribution in [3.8, 4) is 0 Å². The van der Waals surface area contributed by atoms with E-state index in [-0.39, 0.29) is 5.91 Å². The van der Waals surface area contributed by atoms with Crippen LogP contribution in [0.25, 0.3) is 0 Å². The van der Waals surface area contributed by atoms with E-state index in [4.69, 9.17) is 0 Å². The molecule has 110 valence electrons. The zero-order valence-corrected chi connectivity index (χ0v) is 14.3. The molecule has 1 amide bonds. The van der Waals surface area contributed by atoms with Crippen LogP contribution >= 0.6 is 22.6 Å². The van der Waals surface area contributed by atoms with Crippen LogP contribution < -0.4 is 10.6 Å². The molecule has 0 spiro atoms. The maximum Gasteiger partial charge on any atom is 0.255 e. The smallest absolute Gasteiger partial charge is 0.255 e. The molecule has 2 rings (SSSR count). The van der Waals surface area contributed by atoms with E-state index >= 15 is 0 Å². The third-order valence-electron chi connectivity index (χ3n) is 3.02. The molecule has 0 radical (unpaired) electrons. The molecule has 4 nitrogen and oxygen atoms in total. The van der Waals surface area contributed by atoms with Crippen LogP contribution in [-0.4, -0.2) is 17.9 Å². The van der Waals surface area contributed by atoms with Gasteiger partial charge in [-0.25, -0.2) is 4.98 Å². The number of nitrogens with one attached hydrogen (secondary N) is 2. The minimum Gasteiger partial charge on any atom is -0.373 e. The molecule has 5 heteroatoms. The Hall–Kier alpha value is -1.63. The molecular weight excluding hydrogens is 377 g/mol. The van der Waals surface area contributed by atoms with E-state index in [0.717, 1.165) is 27.8 Å². The normalized spacial score (nSPS) is 10.2. The van der Waals surface area contributed by atoms with E-state index in [0.29, 0.717) is 11.4 Å². The van der Waals surface area contributed by atoms with E-state index in [1.807, 2.05) is 30.3 Å². The topological polar surface area (TPSA) is 54.0 Å². The summed E-state index contributed by atoms with van der Waals surface area (Å²) >= 11 is 2.21. The van der Waals surface area contributed by atoms with Crippen molar-refractivity contribution in [3.63, 3.8) is 0 Å². The van der Waals surface area contributed by atoms with Gasteiger partial charge >= 0.3 is 0 Å². The maximum atomic E-state index is 12.4. The number of aryl methyl sites for hydroxylation is 1. The molecule has 0 saturated carbocycles. The molecule has 0 aliphatic carbocycles. The average Bonchev–Trinajstić information content (AvgIpc) is 2.49. The molecule has 1 aromatic heterocycles. The Morgan fingerprint density at radius 1 is 1.29 bits per heavy atom. The Labute approximate surface area is 138 Å². The molecule has 0 atom stereocenters. The number of nitrogens with zero attached hydrogens (tertiary/aromatic N) is 1. The summed E-state index contributed by atoms with van der Waals surface area (Å²) in [6.07, 6.45) is 1.86. The van der Waals surface area contributed by atoms with Gasteiger partial charge in [0.05, 0.1) is 5.69 Å². The highest BCUT2D eigenvalue weighted by Gasteiger charge is 2.11. The van der Waals surface area contributed by atoms with E-state index in [9.17, 15) is 4.79 Å². The standard InChI is InChI=1S/C16H18IN3O/c1-3-6-12-9-11(10-15(18-2)19-12)16(21)20-14-8-5-4-7-13(14)17/h4-5,7-10H,3,6H2,1-2H3,(H,18,19)(H,20,21). The number of hydrogen-bond acceptors (Lipinski definition) is 3. The van der Waals surface area contributed by atoms with Gasteiger partial charge in [-0.3, -0.25) is 4.79 Å². The first-order valence-electron chi connectivity index (χ1n) is 6.88. The first-order chi connectivity index (χ1) is 10.1. The number of carbonyl (C=O) groups excluding carboxylic acids is 1. The lowest BCUT2D eigenvalue weighted by molar-refractivity contribution is 0.102. The quantitative estimate of drug-likeness (QED) is 0.755. The number of aromatic nitrogens is 1. The summed E-state index contributed by atoms with van der Waals surface area (Å²) in [7, 11) is 1.81. The Kier molecular flexibility index (Phi) is 5.55. The van der Waals surface area contributed by atoms with Crippen LogP contribution in [0.2, 0.25) is 0 Å². The first-order valence-corrected chi connectivity index (χ1v) is 7.96. The molecule has 2 N–H and O–H groups in total. The fourth-order valence-corrected chi connectivity index (χ4v) is 2.51. The highest BCUT2D eigenvalue weighted by molar-refractivity contribution is 14.1. The number of amides is 1. The monoisotopic (exact) mass is 395 g/mol. The number of hydrogen-bond donors (Lipinski definition) is 2. The molecule has 1 heterocycles. The van der Waals surface area contributed by atoms with Crippen molar-refractivity contribution in [2.24, 2.45) is 0 Å². The predicted octanol–water partition coefficient (Wildman–Crippen LogP) is 3.93. The summed E-state index contributed by atoms with van der Waals surface area (Å²) in [5, 5.41) is 5.95. The van der Waals surface area contributed by atoms with Crippen LogP contribution in [0.3, 0.4) is 0 Å². The van der Waals surface area contributed by atoms with Gasteiger partial charge < -0.3 is 10.6 Å². The number of anilines is 2. The largest absolute Gasteiger partial charge is 0.373 e. The van der Waals surface area contributed by atoms with Crippen molar-refractivity contribution in [2.75, 3.05) is 17.7 Å².